The number of nitrogens with one attached hydrogen (secondary N) is 1. The van der Waals surface area contributed by atoms with Gasteiger partial charge in [0.2, 0.25) is 5.91 Å². The fourth-order valence-corrected chi connectivity index (χ4v) is 4.09. The summed E-state index contributed by atoms with van der Waals surface area (Å²) in [5, 5.41) is 8.73. The molecule has 6 heteroatoms. The molecule has 0 unspecified atom stereocenters. The van der Waals surface area contributed by atoms with Gasteiger partial charge in [-0.25, -0.2) is 0 Å². The van der Waals surface area contributed by atoms with Gasteiger partial charge in [-0.2, -0.15) is 0 Å². The van der Waals surface area contributed by atoms with Crippen LogP contribution in [0, 0.1) is 5.41 Å². The number of anilines is 1. The number of piperazine rings is 1. The minimum atomic E-state index is -0.474. The summed E-state index contributed by atoms with van der Waals surface area (Å²) in [6, 6.07) is 10.4. The molecule has 1 aromatic rings. The van der Waals surface area contributed by atoms with Crippen molar-refractivity contribution in [3.05, 3.63) is 30.3 Å². The van der Waals surface area contributed by atoms with Gasteiger partial charge in [0.05, 0.1) is 25.5 Å². The van der Waals surface area contributed by atoms with E-state index in [2.05, 4.69) is 17.0 Å². The molecule has 0 saturated carbocycles. The van der Waals surface area contributed by atoms with Crippen molar-refractivity contribution in [2.24, 2.45) is 0 Å². The summed E-state index contributed by atoms with van der Waals surface area (Å²) in [5.41, 5.74) is 0.683. The number of amidine groups is 1. The third-order valence-electron chi connectivity index (χ3n) is 4.76. The first-order valence-corrected chi connectivity index (χ1v) is 9.34. The Morgan fingerprint density at radius 2 is 1.91 bits per heavy atom. The number of amides is 1. The first-order valence-electron chi connectivity index (χ1n) is 7.94. The maximum absolute atomic E-state index is 12.7. The van der Waals surface area contributed by atoms with Crippen LogP contribution in [0.25, 0.3) is 0 Å². The summed E-state index contributed by atoms with van der Waals surface area (Å²) in [6.45, 7) is 5.82. The van der Waals surface area contributed by atoms with Crippen molar-refractivity contribution in [3.8, 4) is 0 Å². The van der Waals surface area contributed by atoms with Crippen LogP contribution in [-0.2, 0) is 4.79 Å². The molecule has 2 heterocycles. The lowest BCUT2D eigenvalue weighted by molar-refractivity contribution is -0.138. The van der Waals surface area contributed by atoms with Crippen molar-refractivity contribution in [2.45, 2.75) is 25.4 Å². The van der Waals surface area contributed by atoms with Gasteiger partial charge in [0, 0.05) is 11.7 Å². The van der Waals surface area contributed by atoms with Gasteiger partial charge >= 0.3 is 0 Å². The molecule has 1 spiro atoms. The van der Waals surface area contributed by atoms with Gasteiger partial charge in [-0.3, -0.25) is 10.2 Å². The highest BCUT2D eigenvalue weighted by atomic mass is 32.2. The second-order valence-corrected chi connectivity index (χ2v) is 7.37. The van der Waals surface area contributed by atoms with Crippen LogP contribution in [0.15, 0.2) is 30.3 Å². The zero-order valence-corrected chi connectivity index (χ0v) is 14.8. The number of thioether (sulfide) groups is 1. The van der Waals surface area contributed by atoms with Gasteiger partial charge in [-0.05, 0) is 32.2 Å². The van der Waals surface area contributed by atoms with Crippen LogP contribution >= 0.6 is 11.8 Å². The fourth-order valence-electron chi connectivity index (χ4n) is 3.44. The van der Waals surface area contributed by atoms with E-state index >= 15 is 0 Å². The topological polar surface area (TPSA) is 50.6 Å². The van der Waals surface area contributed by atoms with Gasteiger partial charge in [-0.1, -0.05) is 18.2 Å². The highest BCUT2D eigenvalue weighted by molar-refractivity contribution is 7.98. The number of benzene rings is 1. The number of carbonyl (C=O) groups excluding carboxylic acids is 1. The van der Waals surface area contributed by atoms with Crippen LogP contribution < -0.4 is 4.90 Å². The molecule has 1 N–H and O–H groups in total. The van der Waals surface area contributed by atoms with E-state index < -0.39 is 5.54 Å². The Morgan fingerprint density at radius 3 is 2.48 bits per heavy atom. The van der Waals surface area contributed by atoms with E-state index in [4.69, 9.17) is 5.41 Å². The average molecular weight is 332 g/mol. The summed E-state index contributed by atoms with van der Waals surface area (Å²) < 4.78 is 0. The second kappa shape index (κ2) is 6.07. The first-order chi connectivity index (χ1) is 11.0. The van der Waals surface area contributed by atoms with Gasteiger partial charge in [0.1, 0.15) is 11.4 Å². The SMILES string of the molecule is CSCN1C(=O)CN(C(C)C)C(=N)C12CN(c1ccccc1)C2. The number of para-hydroxylation sites is 1. The molecule has 2 aliphatic heterocycles. The summed E-state index contributed by atoms with van der Waals surface area (Å²) >= 11 is 1.64. The van der Waals surface area contributed by atoms with Gasteiger partial charge in [-0.15, -0.1) is 11.8 Å². The molecule has 23 heavy (non-hydrogen) atoms. The van der Waals surface area contributed by atoms with Gasteiger partial charge < -0.3 is 14.7 Å². The Kier molecular flexibility index (Phi) is 4.27. The minimum Gasteiger partial charge on any atom is -0.366 e. The molecule has 0 aromatic heterocycles. The van der Waals surface area contributed by atoms with E-state index in [0.29, 0.717) is 31.3 Å². The van der Waals surface area contributed by atoms with E-state index in [-0.39, 0.29) is 11.9 Å². The van der Waals surface area contributed by atoms with Crippen molar-refractivity contribution in [1.82, 2.24) is 9.80 Å². The maximum atomic E-state index is 12.7. The molecule has 124 valence electrons. The lowest BCUT2D eigenvalue weighted by Gasteiger charge is -2.60. The second-order valence-electron chi connectivity index (χ2n) is 6.53. The number of carbonyl (C=O) groups is 1. The summed E-state index contributed by atoms with van der Waals surface area (Å²) in [7, 11) is 0. The zero-order valence-electron chi connectivity index (χ0n) is 14.0. The van der Waals surface area contributed by atoms with Gasteiger partial charge in [0.15, 0.2) is 0 Å². The van der Waals surface area contributed by atoms with E-state index in [1.54, 1.807) is 11.8 Å². The summed E-state index contributed by atoms with van der Waals surface area (Å²) in [6.07, 6.45) is 2.01. The molecule has 0 bridgehead atoms. The van der Waals surface area contributed by atoms with Gasteiger partial charge in [0.25, 0.3) is 0 Å². The quantitative estimate of drug-likeness (QED) is 0.917. The standard InChI is InChI=1S/C17H24N4OS/c1-13(2)20-9-15(22)21(12-23-3)17(16(20)18)10-19(11-17)14-7-5-4-6-8-14/h4-8,13,18H,9-12H2,1-3H3. The smallest absolute Gasteiger partial charge is 0.243 e. The van der Waals surface area contributed by atoms with Crippen LogP contribution in [0.1, 0.15) is 13.8 Å². The van der Waals surface area contributed by atoms with Crippen molar-refractivity contribution in [1.29, 1.82) is 5.41 Å². The highest BCUT2D eigenvalue weighted by Crippen LogP contribution is 2.37. The Morgan fingerprint density at radius 1 is 1.26 bits per heavy atom. The van der Waals surface area contributed by atoms with Crippen molar-refractivity contribution in [2.75, 3.05) is 36.7 Å². The molecule has 5 nitrogen and oxygen atoms in total. The third kappa shape index (κ3) is 2.59. The Bertz CT molecular complexity index is 598. The first kappa shape index (κ1) is 16.2. The molecule has 2 saturated heterocycles. The number of hydrogen-bond donors (Lipinski definition) is 1. The largest absolute Gasteiger partial charge is 0.366 e. The molecule has 1 aromatic carbocycles. The Hall–Kier alpha value is -1.69. The molecule has 0 radical (unpaired) electrons. The maximum Gasteiger partial charge on any atom is 0.243 e. The lowest BCUT2D eigenvalue weighted by atomic mass is 9.83. The molecule has 1 amide bonds. The van der Waals surface area contributed by atoms with E-state index in [1.807, 2.05) is 48.1 Å². The van der Waals surface area contributed by atoms with Crippen LogP contribution in [-0.4, -0.2) is 64.9 Å². The monoisotopic (exact) mass is 332 g/mol. The molecule has 3 rings (SSSR count). The zero-order chi connectivity index (χ0) is 16.6. The minimum absolute atomic E-state index is 0.136. The molecule has 0 aliphatic carbocycles. The molecular weight excluding hydrogens is 308 g/mol. The lowest BCUT2D eigenvalue weighted by Crippen LogP contribution is -2.81. The van der Waals surface area contributed by atoms with Crippen molar-refractivity contribution >= 4 is 29.2 Å². The number of rotatable bonds is 4. The summed E-state index contributed by atoms with van der Waals surface area (Å²) in [5.74, 6) is 1.38. The van der Waals surface area contributed by atoms with Crippen LogP contribution in [0.4, 0.5) is 5.69 Å². The number of nitrogens with zero attached hydrogens (tertiary/aromatic N) is 3. The number of hydrogen-bond acceptors (Lipinski definition) is 4. The predicted molar refractivity (Wildman–Crippen MR) is 96.2 cm³/mol. The van der Waals surface area contributed by atoms with Crippen LogP contribution in [0.5, 0.6) is 0 Å². The van der Waals surface area contributed by atoms with E-state index in [9.17, 15) is 4.79 Å². The molecular formula is C17H24N4OS. The molecule has 2 fully saturated rings. The predicted octanol–water partition coefficient (Wildman–Crippen LogP) is 2.10. The van der Waals surface area contributed by atoms with Crippen LogP contribution in [0.2, 0.25) is 0 Å². The molecule has 2 aliphatic rings. The Labute approximate surface area is 142 Å². The summed E-state index contributed by atoms with van der Waals surface area (Å²) in [4.78, 5) is 18.8. The average Bonchev–Trinajstić information content (AvgIpc) is 2.50. The highest BCUT2D eigenvalue weighted by Gasteiger charge is 2.57. The van der Waals surface area contributed by atoms with Crippen LogP contribution in [0.3, 0.4) is 0 Å². The van der Waals surface area contributed by atoms with E-state index in [1.165, 1.54) is 0 Å². The van der Waals surface area contributed by atoms with E-state index in [0.717, 1.165) is 5.69 Å². The normalized spacial score (nSPS) is 20.4. The van der Waals surface area contributed by atoms with Crippen molar-refractivity contribution in [3.63, 3.8) is 0 Å². The van der Waals surface area contributed by atoms with Crippen molar-refractivity contribution < 1.29 is 4.79 Å². The Balaban J connectivity index is 1.87. The third-order valence-corrected chi connectivity index (χ3v) is 5.28. The fraction of sp³-hybridized carbons (Fsp3) is 0.529. The molecule has 0 atom stereocenters.